The molecule has 6 rings (SSSR count). The normalized spacial score (nSPS) is 11.7. The number of rotatable bonds is 10. The van der Waals surface area contributed by atoms with Crippen molar-refractivity contribution in [3.8, 4) is 28.3 Å². The van der Waals surface area contributed by atoms with E-state index in [1.165, 1.54) is 38.5 Å². The van der Waals surface area contributed by atoms with Crippen LogP contribution in [-0.2, 0) is 25.5 Å². The van der Waals surface area contributed by atoms with E-state index in [1.54, 1.807) is 66.9 Å². The van der Waals surface area contributed by atoms with Gasteiger partial charge in [-0.3, -0.25) is 4.79 Å². The maximum Gasteiger partial charge on any atom is 0.343 e. The minimum atomic E-state index is -1.06. The number of carbonyl (C=O) groups is 3. The summed E-state index contributed by atoms with van der Waals surface area (Å²) >= 11 is 0. The van der Waals surface area contributed by atoms with Crippen molar-refractivity contribution >= 4 is 39.8 Å². The highest BCUT2D eigenvalue weighted by atomic mass is 19.1. The predicted molar refractivity (Wildman–Crippen MR) is 173 cm³/mol. The lowest BCUT2D eigenvalue weighted by atomic mass is 10.0. The third-order valence-corrected chi connectivity index (χ3v) is 7.70. The van der Waals surface area contributed by atoms with E-state index in [2.05, 4.69) is 15.0 Å². The zero-order valence-electron chi connectivity index (χ0n) is 25.8. The van der Waals surface area contributed by atoms with Crippen LogP contribution in [-0.4, -0.2) is 59.7 Å². The number of amides is 1. The van der Waals surface area contributed by atoms with Gasteiger partial charge in [0.25, 0.3) is 5.91 Å². The molecular weight excluding hydrogens is 622 g/mol. The molecule has 6 aromatic rings. The topological polar surface area (TPSA) is 132 Å². The molecule has 12 heteroatoms. The van der Waals surface area contributed by atoms with Gasteiger partial charge in [-0.15, -0.1) is 0 Å². The Hall–Kier alpha value is -6.17. The Morgan fingerprint density at radius 1 is 0.792 bits per heavy atom. The third-order valence-electron chi connectivity index (χ3n) is 7.70. The number of ether oxygens (including phenoxy) is 3. The summed E-state index contributed by atoms with van der Waals surface area (Å²) in [4.78, 5) is 50.6. The van der Waals surface area contributed by atoms with Gasteiger partial charge in [-0.05, 0) is 90.5 Å². The molecule has 0 fully saturated rings. The van der Waals surface area contributed by atoms with Crippen molar-refractivity contribution in [2.24, 2.45) is 0 Å². The van der Waals surface area contributed by atoms with E-state index in [1.807, 2.05) is 0 Å². The number of H-pyrrole nitrogens is 1. The molecule has 0 saturated heterocycles. The van der Waals surface area contributed by atoms with Gasteiger partial charge >= 0.3 is 11.9 Å². The number of fused-ring (bicyclic) bond motifs is 2. The van der Waals surface area contributed by atoms with E-state index >= 15 is 0 Å². The molecule has 1 amide bonds. The van der Waals surface area contributed by atoms with Gasteiger partial charge in [0.1, 0.15) is 23.4 Å². The maximum atomic E-state index is 13.8. The molecule has 4 aromatic carbocycles. The van der Waals surface area contributed by atoms with Crippen molar-refractivity contribution in [1.82, 2.24) is 20.3 Å². The van der Waals surface area contributed by atoms with Gasteiger partial charge in [-0.2, -0.15) is 0 Å². The largest absolute Gasteiger partial charge is 0.482 e. The quantitative estimate of drug-likeness (QED) is 0.178. The number of aromatic nitrogens is 3. The molecule has 2 aromatic heterocycles. The lowest BCUT2D eigenvalue weighted by molar-refractivity contribution is -0.143. The lowest BCUT2D eigenvalue weighted by Crippen LogP contribution is -2.43. The molecule has 0 radical (unpaired) electrons. The van der Waals surface area contributed by atoms with Gasteiger partial charge < -0.3 is 24.5 Å². The summed E-state index contributed by atoms with van der Waals surface area (Å²) in [6.45, 7) is -0.266. The molecule has 2 heterocycles. The average Bonchev–Trinajstić information content (AvgIpc) is 3.51. The Labute approximate surface area is 272 Å². The first-order valence-corrected chi connectivity index (χ1v) is 14.7. The van der Waals surface area contributed by atoms with Crippen LogP contribution >= 0.6 is 0 Å². The number of benzene rings is 4. The van der Waals surface area contributed by atoms with Crippen molar-refractivity contribution in [3.05, 3.63) is 114 Å². The van der Waals surface area contributed by atoms with Crippen molar-refractivity contribution in [2.45, 2.75) is 12.5 Å². The van der Waals surface area contributed by atoms with Crippen LogP contribution < -0.4 is 10.1 Å². The fraction of sp³-hybridized carbons (Fsp3) is 0.139. The molecule has 10 nitrogen and oxygen atoms in total. The fourth-order valence-corrected chi connectivity index (χ4v) is 5.23. The molecule has 0 aliphatic rings. The van der Waals surface area contributed by atoms with Gasteiger partial charge in [-0.25, -0.2) is 28.3 Å². The van der Waals surface area contributed by atoms with Crippen LogP contribution in [0.15, 0.2) is 91.1 Å². The van der Waals surface area contributed by atoms with Crippen LogP contribution in [0.1, 0.15) is 15.9 Å². The number of nitrogens with one attached hydrogen (secondary N) is 2. The van der Waals surface area contributed by atoms with E-state index in [0.717, 1.165) is 10.9 Å². The van der Waals surface area contributed by atoms with Crippen molar-refractivity contribution in [2.75, 3.05) is 20.8 Å². The van der Waals surface area contributed by atoms with Crippen LogP contribution in [0.5, 0.6) is 5.75 Å². The molecule has 242 valence electrons. The summed E-state index contributed by atoms with van der Waals surface area (Å²) < 4.78 is 42.6. The average molecular weight is 651 g/mol. The first-order valence-electron chi connectivity index (χ1n) is 14.7. The lowest BCUT2D eigenvalue weighted by Gasteiger charge is -2.17. The van der Waals surface area contributed by atoms with Gasteiger partial charge in [0, 0.05) is 40.2 Å². The van der Waals surface area contributed by atoms with Gasteiger partial charge in [0.05, 0.1) is 36.6 Å². The van der Waals surface area contributed by atoms with Gasteiger partial charge in [-0.1, -0.05) is 0 Å². The highest BCUT2D eigenvalue weighted by molar-refractivity contribution is 6.00. The number of halogens is 2. The molecule has 0 bridgehead atoms. The standard InChI is InChI=1S/C36H28F2N4O6/c1-46-32(43)19-48-26-12-14-28-27(17-26)23(18-39-28)16-31(36(45)47-2)42-35(44)22-7-13-29-30(15-22)41-34(21-5-10-25(38)11-6-21)33(40-29)20-3-8-24(37)9-4-20/h3-15,17-18,31,39H,16,19H2,1-2H3,(H,42,44)/t31-/m0/s1. The van der Waals surface area contributed by atoms with E-state index in [4.69, 9.17) is 19.4 Å². The Morgan fingerprint density at radius 3 is 2.06 bits per heavy atom. The summed E-state index contributed by atoms with van der Waals surface area (Å²) in [5, 5.41) is 3.49. The fourth-order valence-electron chi connectivity index (χ4n) is 5.23. The smallest absolute Gasteiger partial charge is 0.343 e. The highest BCUT2D eigenvalue weighted by Gasteiger charge is 2.25. The summed E-state index contributed by atoms with van der Waals surface area (Å²) in [5.41, 5.74) is 4.55. The number of hydrogen-bond donors (Lipinski definition) is 2. The molecule has 0 saturated carbocycles. The zero-order valence-corrected chi connectivity index (χ0v) is 25.8. The number of methoxy groups -OCH3 is 2. The van der Waals surface area contributed by atoms with Crippen LogP contribution in [0.3, 0.4) is 0 Å². The van der Waals surface area contributed by atoms with Gasteiger partial charge in [0.2, 0.25) is 0 Å². The molecular formula is C36H28F2N4O6. The van der Waals surface area contributed by atoms with Crippen molar-refractivity contribution < 1.29 is 37.4 Å². The van der Waals surface area contributed by atoms with Crippen molar-refractivity contribution in [1.29, 1.82) is 0 Å². The number of nitrogens with zero attached hydrogens (tertiary/aromatic N) is 2. The Kier molecular flexibility index (Phi) is 9.06. The van der Waals surface area contributed by atoms with E-state index in [9.17, 15) is 23.2 Å². The summed E-state index contributed by atoms with van der Waals surface area (Å²) in [7, 11) is 2.50. The second kappa shape index (κ2) is 13.7. The first kappa shape index (κ1) is 31.8. The zero-order chi connectivity index (χ0) is 33.8. The molecule has 2 N–H and O–H groups in total. The number of aromatic amines is 1. The van der Waals surface area contributed by atoms with Crippen molar-refractivity contribution in [3.63, 3.8) is 0 Å². The van der Waals surface area contributed by atoms with Crippen LogP contribution in [0.25, 0.3) is 44.5 Å². The minimum absolute atomic E-state index is 0.0853. The summed E-state index contributed by atoms with van der Waals surface area (Å²) in [6, 6.07) is 20.4. The van der Waals surface area contributed by atoms with Gasteiger partial charge in [0.15, 0.2) is 6.61 Å². The summed E-state index contributed by atoms with van der Waals surface area (Å²) in [6.07, 6.45) is 1.81. The molecule has 0 unspecified atom stereocenters. The Bertz CT molecular complexity index is 2150. The van der Waals surface area contributed by atoms with E-state index < -0.39 is 35.5 Å². The van der Waals surface area contributed by atoms with E-state index in [-0.39, 0.29) is 18.6 Å². The number of hydrogen-bond acceptors (Lipinski definition) is 8. The molecule has 0 aliphatic heterocycles. The number of carbonyl (C=O) groups excluding carboxylic acids is 3. The second-order valence-electron chi connectivity index (χ2n) is 10.8. The third kappa shape index (κ3) is 6.82. The monoisotopic (exact) mass is 650 g/mol. The summed E-state index contributed by atoms with van der Waals surface area (Å²) in [5.74, 6) is -2.14. The highest BCUT2D eigenvalue weighted by Crippen LogP contribution is 2.32. The molecule has 0 aliphatic carbocycles. The second-order valence-corrected chi connectivity index (χ2v) is 10.8. The minimum Gasteiger partial charge on any atom is -0.482 e. The number of esters is 2. The van der Waals surface area contributed by atoms with Crippen LogP contribution in [0.2, 0.25) is 0 Å². The maximum absolute atomic E-state index is 13.8. The first-order chi connectivity index (χ1) is 23.2. The van der Waals surface area contributed by atoms with Crippen LogP contribution in [0.4, 0.5) is 8.78 Å². The molecule has 1 atom stereocenters. The Balaban J connectivity index is 1.30. The SMILES string of the molecule is COC(=O)COc1ccc2[nH]cc(C[C@H](NC(=O)c3ccc4nc(-c5ccc(F)cc5)c(-c5ccc(F)cc5)nc4c3)C(=O)OC)c2c1. The van der Waals surface area contributed by atoms with E-state index in [0.29, 0.717) is 44.9 Å². The van der Waals surface area contributed by atoms with Crippen LogP contribution in [0, 0.1) is 11.6 Å². The predicted octanol–water partition coefficient (Wildman–Crippen LogP) is 5.79. The Morgan fingerprint density at radius 2 is 1.44 bits per heavy atom. The molecule has 0 spiro atoms. The molecule has 48 heavy (non-hydrogen) atoms.